The van der Waals surface area contributed by atoms with Gasteiger partial charge in [0, 0.05) is 24.1 Å². The molecule has 1 aliphatic heterocycles. The van der Waals surface area contributed by atoms with Gasteiger partial charge in [-0.3, -0.25) is 9.36 Å². The Morgan fingerprint density at radius 3 is 2.66 bits per heavy atom. The summed E-state index contributed by atoms with van der Waals surface area (Å²) in [4.78, 5) is 16.7. The molecule has 0 aliphatic carbocycles. The van der Waals surface area contributed by atoms with E-state index in [2.05, 4.69) is 70.1 Å². The molecule has 0 saturated heterocycles. The van der Waals surface area contributed by atoms with Crippen LogP contribution in [0.3, 0.4) is 0 Å². The van der Waals surface area contributed by atoms with Crippen LogP contribution >= 0.6 is 34.4 Å². The molecule has 0 radical (unpaired) electrons. The molecule has 1 aliphatic rings. The SMILES string of the molecule is C=CCn1c(=O)/c(=C2\Sc3ccccc3N2C)s/c1=C\c1scc[n+]1Cc1ccccc1. The Morgan fingerprint density at radius 1 is 1.09 bits per heavy atom. The molecular weight excluding hydrogens is 454 g/mol. The van der Waals surface area contributed by atoms with Crippen LogP contribution in [0.5, 0.6) is 0 Å². The highest BCUT2D eigenvalue weighted by molar-refractivity contribution is 8.08. The van der Waals surface area contributed by atoms with Crippen molar-refractivity contribution in [1.82, 2.24) is 4.57 Å². The number of hydrogen-bond donors (Lipinski definition) is 0. The number of nitrogens with zero attached hydrogens (tertiary/aromatic N) is 3. The molecule has 2 aromatic carbocycles. The van der Waals surface area contributed by atoms with E-state index in [1.807, 2.05) is 29.8 Å². The Kier molecular flexibility index (Phi) is 5.87. The lowest BCUT2D eigenvalue weighted by Gasteiger charge is -2.11. The number of anilines is 1. The Bertz CT molecular complexity index is 1460. The molecule has 160 valence electrons. The van der Waals surface area contributed by atoms with Gasteiger partial charge in [-0.15, -0.1) is 17.9 Å². The molecule has 7 heteroatoms. The highest BCUT2D eigenvalue weighted by Crippen LogP contribution is 2.44. The van der Waals surface area contributed by atoms with E-state index < -0.39 is 0 Å². The van der Waals surface area contributed by atoms with Gasteiger partial charge < -0.3 is 4.90 Å². The third-order valence-corrected chi connectivity index (χ3v) is 8.65. The van der Waals surface area contributed by atoms with Crippen molar-refractivity contribution in [2.45, 2.75) is 18.0 Å². The largest absolute Gasteiger partial charge is 0.337 e. The van der Waals surface area contributed by atoms with Gasteiger partial charge in [-0.25, -0.2) is 0 Å². The lowest BCUT2D eigenvalue weighted by atomic mass is 10.2. The van der Waals surface area contributed by atoms with Gasteiger partial charge >= 0.3 is 0 Å². The fourth-order valence-electron chi connectivity index (χ4n) is 3.72. The maximum absolute atomic E-state index is 13.4. The average Bonchev–Trinajstić information content (AvgIpc) is 3.47. The summed E-state index contributed by atoms with van der Waals surface area (Å²) in [6.07, 6.45) is 6.01. The van der Waals surface area contributed by atoms with E-state index in [0.717, 1.165) is 31.5 Å². The van der Waals surface area contributed by atoms with Gasteiger partial charge in [0.05, 0.1) is 17.1 Å². The second-order valence-electron chi connectivity index (χ2n) is 7.41. The Hall–Kier alpha value is -2.87. The molecule has 2 aromatic heterocycles. The number of benzene rings is 2. The van der Waals surface area contributed by atoms with Crippen molar-refractivity contribution in [2.24, 2.45) is 0 Å². The van der Waals surface area contributed by atoms with Crippen molar-refractivity contribution in [3.8, 4) is 0 Å². The molecule has 4 aromatic rings. The molecule has 5 rings (SSSR count). The van der Waals surface area contributed by atoms with Gasteiger partial charge in [-0.1, -0.05) is 71.6 Å². The molecule has 0 N–H and O–H groups in total. The number of para-hydroxylation sites is 1. The van der Waals surface area contributed by atoms with E-state index in [1.54, 1.807) is 40.5 Å². The summed E-state index contributed by atoms with van der Waals surface area (Å²) in [6.45, 7) is 5.15. The maximum atomic E-state index is 13.4. The molecular formula is C25H22N3OS3+. The fraction of sp³-hybridized carbons (Fsp3) is 0.120. The predicted octanol–water partition coefficient (Wildman–Crippen LogP) is 3.63. The Balaban J connectivity index is 1.63. The van der Waals surface area contributed by atoms with Crippen molar-refractivity contribution < 1.29 is 4.57 Å². The lowest BCUT2D eigenvalue weighted by Crippen LogP contribution is -2.36. The Morgan fingerprint density at radius 2 is 1.88 bits per heavy atom. The van der Waals surface area contributed by atoms with Crippen molar-refractivity contribution >= 4 is 51.2 Å². The van der Waals surface area contributed by atoms with Crippen LogP contribution in [0.25, 0.3) is 11.1 Å². The zero-order valence-electron chi connectivity index (χ0n) is 17.6. The van der Waals surface area contributed by atoms with E-state index in [9.17, 15) is 4.79 Å². The molecule has 32 heavy (non-hydrogen) atoms. The van der Waals surface area contributed by atoms with E-state index in [0.29, 0.717) is 6.54 Å². The minimum Gasteiger partial charge on any atom is -0.337 e. The third-order valence-electron chi connectivity index (χ3n) is 5.31. The molecule has 4 nitrogen and oxygen atoms in total. The fourth-order valence-corrected chi connectivity index (χ4v) is 6.98. The first-order chi connectivity index (χ1) is 15.7. The van der Waals surface area contributed by atoms with Crippen LogP contribution in [0.15, 0.2) is 88.5 Å². The highest BCUT2D eigenvalue weighted by Gasteiger charge is 2.24. The molecule has 3 heterocycles. The number of hydrogen-bond acceptors (Lipinski definition) is 5. The summed E-state index contributed by atoms with van der Waals surface area (Å²) in [5.74, 6) is 0. The predicted molar refractivity (Wildman–Crippen MR) is 136 cm³/mol. The normalized spacial score (nSPS) is 15.3. The van der Waals surface area contributed by atoms with Crippen molar-refractivity contribution in [3.05, 3.63) is 109 Å². The van der Waals surface area contributed by atoms with Crippen LogP contribution in [0.4, 0.5) is 5.69 Å². The number of thioether (sulfide) groups is 1. The van der Waals surface area contributed by atoms with Crippen LogP contribution in [0.1, 0.15) is 10.6 Å². The quantitative estimate of drug-likeness (QED) is 0.325. The molecule has 0 spiro atoms. The first-order valence-corrected chi connectivity index (χ1v) is 12.7. The standard InChI is InChI=1S/C25H22N3OS3/c1-3-13-28-22(16-21-27(14-15-30-21)17-18-9-5-4-6-10-18)32-23(24(28)29)25-26(2)19-11-7-8-12-20(19)31-25/h3-12,14-16H,1,13,17H2,2H3/q+1/b25-23+. The van der Waals surface area contributed by atoms with Gasteiger partial charge in [-0.05, 0) is 12.1 Å². The first kappa shape index (κ1) is 21.0. The van der Waals surface area contributed by atoms with Crippen molar-refractivity contribution in [3.63, 3.8) is 0 Å². The zero-order chi connectivity index (χ0) is 22.1. The third kappa shape index (κ3) is 3.88. The number of allylic oxidation sites excluding steroid dienone is 1. The van der Waals surface area contributed by atoms with E-state index in [-0.39, 0.29) is 5.56 Å². The maximum Gasteiger partial charge on any atom is 0.272 e. The molecule has 0 saturated carbocycles. The van der Waals surface area contributed by atoms with Gasteiger partial charge in [0.2, 0.25) is 0 Å². The van der Waals surface area contributed by atoms with Gasteiger partial charge in [0.15, 0.2) is 12.7 Å². The number of fused-ring (bicyclic) bond motifs is 1. The number of rotatable bonds is 5. The minimum absolute atomic E-state index is 0.0365. The van der Waals surface area contributed by atoms with Gasteiger partial charge in [0.25, 0.3) is 10.6 Å². The second kappa shape index (κ2) is 8.94. The number of thiazole rings is 2. The molecule has 0 bridgehead atoms. The van der Waals surface area contributed by atoms with Crippen LogP contribution in [0.2, 0.25) is 0 Å². The summed E-state index contributed by atoms with van der Waals surface area (Å²) in [5.41, 5.74) is 2.42. The van der Waals surface area contributed by atoms with Gasteiger partial charge in [-0.2, -0.15) is 4.57 Å². The summed E-state index contributed by atoms with van der Waals surface area (Å²) in [7, 11) is 2.03. The lowest BCUT2D eigenvalue weighted by molar-refractivity contribution is -0.685. The van der Waals surface area contributed by atoms with Crippen LogP contribution in [-0.4, -0.2) is 11.6 Å². The van der Waals surface area contributed by atoms with Crippen LogP contribution < -0.4 is 24.2 Å². The van der Waals surface area contributed by atoms with Crippen LogP contribution in [0, 0.1) is 0 Å². The average molecular weight is 477 g/mol. The van der Waals surface area contributed by atoms with Gasteiger partial charge in [0.1, 0.15) is 14.2 Å². The smallest absolute Gasteiger partial charge is 0.272 e. The summed E-state index contributed by atoms with van der Waals surface area (Å²) in [5, 5.41) is 4.19. The van der Waals surface area contributed by atoms with E-state index in [4.69, 9.17) is 0 Å². The minimum atomic E-state index is 0.0365. The van der Waals surface area contributed by atoms with Crippen molar-refractivity contribution in [2.75, 3.05) is 11.9 Å². The van der Waals surface area contributed by atoms with Crippen molar-refractivity contribution in [1.29, 1.82) is 0 Å². The number of aromatic nitrogens is 2. The Labute approximate surface area is 198 Å². The molecule has 0 atom stereocenters. The molecule has 0 amide bonds. The summed E-state index contributed by atoms with van der Waals surface area (Å²) >= 11 is 4.89. The summed E-state index contributed by atoms with van der Waals surface area (Å²) in [6, 6.07) is 18.7. The first-order valence-electron chi connectivity index (χ1n) is 10.2. The highest BCUT2D eigenvalue weighted by atomic mass is 32.2. The van der Waals surface area contributed by atoms with E-state index in [1.165, 1.54) is 10.5 Å². The van der Waals surface area contributed by atoms with Crippen LogP contribution in [-0.2, 0) is 13.1 Å². The topological polar surface area (TPSA) is 29.1 Å². The monoisotopic (exact) mass is 476 g/mol. The molecule has 0 unspecified atom stereocenters. The zero-order valence-corrected chi connectivity index (χ0v) is 20.1. The second-order valence-corrected chi connectivity index (χ2v) is 10.4. The molecule has 0 fully saturated rings. The summed E-state index contributed by atoms with van der Waals surface area (Å²) < 4.78 is 5.76. The van der Waals surface area contributed by atoms with E-state index >= 15 is 0 Å².